The summed E-state index contributed by atoms with van der Waals surface area (Å²) in [7, 11) is 1.34. The first-order valence-electron chi connectivity index (χ1n) is 4.44. The molecule has 1 amide bonds. The van der Waals surface area contributed by atoms with Crippen LogP contribution in [-0.4, -0.2) is 35.5 Å². The summed E-state index contributed by atoms with van der Waals surface area (Å²) in [6.45, 7) is -0.421. The Morgan fingerprint density at radius 1 is 1.50 bits per heavy atom. The molecule has 86 valence electrons. The van der Waals surface area contributed by atoms with Gasteiger partial charge in [0.1, 0.15) is 12.4 Å². The number of hydrogen-bond donors (Lipinski definition) is 2. The fourth-order valence-corrected chi connectivity index (χ4v) is 1.17. The summed E-state index contributed by atoms with van der Waals surface area (Å²) in [5.41, 5.74) is 5.31. The maximum atomic E-state index is 12.8. The van der Waals surface area contributed by atoms with Gasteiger partial charge in [0.05, 0.1) is 5.69 Å². The first kappa shape index (κ1) is 12.0. The van der Waals surface area contributed by atoms with E-state index in [9.17, 15) is 14.0 Å². The average molecular weight is 226 g/mol. The van der Waals surface area contributed by atoms with Crippen molar-refractivity contribution in [3.05, 3.63) is 29.6 Å². The van der Waals surface area contributed by atoms with E-state index in [4.69, 9.17) is 10.8 Å². The van der Waals surface area contributed by atoms with Gasteiger partial charge in [-0.1, -0.05) is 0 Å². The van der Waals surface area contributed by atoms with Gasteiger partial charge in [-0.3, -0.25) is 9.59 Å². The SMILES string of the molecule is CN(CC(=O)O)C(=O)c1ccc(F)c(N)c1. The fourth-order valence-electron chi connectivity index (χ4n) is 1.17. The first-order valence-corrected chi connectivity index (χ1v) is 4.44. The Bertz CT molecular complexity index is 434. The third kappa shape index (κ3) is 2.69. The minimum atomic E-state index is -1.12. The highest BCUT2D eigenvalue weighted by Gasteiger charge is 2.15. The summed E-state index contributed by atoms with van der Waals surface area (Å²) in [6, 6.07) is 3.50. The van der Waals surface area contributed by atoms with Gasteiger partial charge in [0.15, 0.2) is 0 Å². The zero-order chi connectivity index (χ0) is 12.3. The number of amides is 1. The molecule has 1 aromatic rings. The lowest BCUT2D eigenvalue weighted by molar-refractivity contribution is -0.137. The van der Waals surface area contributed by atoms with Crippen LogP contribution in [0.2, 0.25) is 0 Å². The van der Waals surface area contributed by atoms with Crippen LogP contribution < -0.4 is 5.73 Å². The van der Waals surface area contributed by atoms with Crippen molar-refractivity contribution >= 4 is 17.6 Å². The van der Waals surface area contributed by atoms with E-state index in [0.29, 0.717) is 0 Å². The molecule has 0 heterocycles. The molecule has 1 rings (SSSR count). The summed E-state index contributed by atoms with van der Waals surface area (Å²) in [6.07, 6.45) is 0. The van der Waals surface area contributed by atoms with E-state index in [1.54, 1.807) is 0 Å². The average Bonchev–Trinajstić information content (AvgIpc) is 2.20. The van der Waals surface area contributed by atoms with Crippen molar-refractivity contribution in [3.8, 4) is 0 Å². The number of aliphatic carboxylic acids is 1. The number of nitrogens with zero attached hydrogens (tertiary/aromatic N) is 1. The summed E-state index contributed by atoms with van der Waals surface area (Å²) in [5.74, 6) is -2.25. The van der Waals surface area contributed by atoms with Gasteiger partial charge in [0.2, 0.25) is 0 Å². The van der Waals surface area contributed by atoms with Crippen LogP contribution in [0.15, 0.2) is 18.2 Å². The Labute approximate surface area is 91.3 Å². The molecular formula is C10H11FN2O3. The molecular weight excluding hydrogens is 215 g/mol. The molecule has 0 saturated carbocycles. The molecule has 1 aromatic carbocycles. The van der Waals surface area contributed by atoms with Gasteiger partial charge < -0.3 is 15.7 Å². The van der Waals surface area contributed by atoms with Crippen molar-refractivity contribution in [1.29, 1.82) is 0 Å². The number of anilines is 1. The Hall–Kier alpha value is -2.11. The molecule has 0 atom stereocenters. The Morgan fingerprint density at radius 2 is 2.12 bits per heavy atom. The van der Waals surface area contributed by atoms with E-state index >= 15 is 0 Å². The Morgan fingerprint density at radius 3 is 2.62 bits per heavy atom. The van der Waals surface area contributed by atoms with Crippen LogP contribution in [0.5, 0.6) is 0 Å². The number of benzene rings is 1. The van der Waals surface area contributed by atoms with Crippen molar-refractivity contribution in [3.63, 3.8) is 0 Å². The second kappa shape index (κ2) is 4.61. The molecule has 0 unspecified atom stereocenters. The molecule has 0 saturated heterocycles. The Balaban J connectivity index is 2.88. The third-order valence-electron chi connectivity index (χ3n) is 1.96. The minimum absolute atomic E-state index is 0.144. The number of nitrogen functional groups attached to an aromatic ring is 1. The molecule has 0 fully saturated rings. The predicted molar refractivity (Wildman–Crippen MR) is 55.4 cm³/mol. The second-order valence-electron chi connectivity index (χ2n) is 3.29. The lowest BCUT2D eigenvalue weighted by atomic mass is 10.1. The highest BCUT2D eigenvalue weighted by Crippen LogP contribution is 2.13. The number of halogens is 1. The van der Waals surface area contributed by atoms with Crippen molar-refractivity contribution in [2.24, 2.45) is 0 Å². The minimum Gasteiger partial charge on any atom is -0.480 e. The highest BCUT2D eigenvalue weighted by molar-refractivity contribution is 5.96. The number of carboxylic acid groups (broad SMARTS) is 1. The van der Waals surface area contributed by atoms with E-state index < -0.39 is 24.2 Å². The highest BCUT2D eigenvalue weighted by atomic mass is 19.1. The van der Waals surface area contributed by atoms with E-state index in [1.807, 2.05) is 0 Å². The van der Waals surface area contributed by atoms with Gasteiger partial charge in [0.25, 0.3) is 5.91 Å². The normalized spacial score (nSPS) is 9.88. The van der Waals surface area contributed by atoms with Crippen LogP contribution >= 0.6 is 0 Å². The first-order chi connectivity index (χ1) is 7.41. The topological polar surface area (TPSA) is 83.6 Å². The number of carbonyl (C=O) groups is 2. The molecule has 0 bridgehead atoms. The van der Waals surface area contributed by atoms with Gasteiger partial charge in [0, 0.05) is 12.6 Å². The van der Waals surface area contributed by atoms with Crippen molar-refractivity contribution in [1.82, 2.24) is 4.90 Å². The standard InChI is InChI=1S/C10H11FN2O3/c1-13(5-9(14)15)10(16)6-2-3-7(11)8(12)4-6/h2-4H,5,12H2,1H3,(H,14,15). The molecule has 3 N–H and O–H groups in total. The summed E-state index contributed by atoms with van der Waals surface area (Å²) >= 11 is 0. The largest absolute Gasteiger partial charge is 0.480 e. The number of nitrogens with two attached hydrogens (primary N) is 1. The van der Waals surface area contributed by atoms with Gasteiger partial charge in [-0.2, -0.15) is 0 Å². The summed E-state index contributed by atoms with van der Waals surface area (Å²) in [5, 5.41) is 8.50. The van der Waals surface area contributed by atoms with E-state index in [0.717, 1.165) is 11.0 Å². The van der Waals surface area contributed by atoms with Crippen molar-refractivity contribution < 1.29 is 19.1 Å². The van der Waals surface area contributed by atoms with Crippen LogP contribution in [0.25, 0.3) is 0 Å². The van der Waals surface area contributed by atoms with E-state index in [-0.39, 0.29) is 11.3 Å². The molecule has 0 spiro atoms. The van der Waals surface area contributed by atoms with E-state index in [1.165, 1.54) is 19.2 Å². The quantitative estimate of drug-likeness (QED) is 0.738. The molecule has 0 aromatic heterocycles. The summed E-state index contributed by atoms with van der Waals surface area (Å²) in [4.78, 5) is 23.0. The maximum Gasteiger partial charge on any atom is 0.323 e. The smallest absolute Gasteiger partial charge is 0.323 e. The number of carbonyl (C=O) groups excluding carboxylic acids is 1. The maximum absolute atomic E-state index is 12.8. The molecule has 0 aliphatic rings. The molecule has 0 radical (unpaired) electrons. The Kier molecular flexibility index (Phi) is 3.44. The van der Waals surface area contributed by atoms with Crippen molar-refractivity contribution in [2.75, 3.05) is 19.3 Å². The van der Waals surface area contributed by atoms with Crippen LogP contribution in [-0.2, 0) is 4.79 Å². The third-order valence-corrected chi connectivity index (χ3v) is 1.96. The van der Waals surface area contributed by atoms with Gasteiger partial charge >= 0.3 is 5.97 Å². The lowest BCUT2D eigenvalue weighted by Gasteiger charge is -2.14. The predicted octanol–water partition coefficient (Wildman–Crippen LogP) is 0.565. The number of hydrogen-bond acceptors (Lipinski definition) is 3. The van der Waals surface area contributed by atoms with E-state index in [2.05, 4.69) is 0 Å². The van der Waals surface area contributed by atoms with Crippen LogP contribution in [0.3, 0.4) is 0 Å². The molecule has 0 aliphatic carbocycles. The fraction of sp³-hybridized carbons (Fsp3) is 0.200. The molecule has 16 heavy (non-hydrogen) atoms. The molecule has 0 aliphatic heterocycles. The van der Waals surface area contributed by atoms with Crippen LogP contribution in [0.4, 0.5) is 10.1 Å². The number of likely N-dealkylation sites (N-methyl/N-ethyl adjacent to an activating group) is 1. The zero-order valence-electron chi connectivity index (χ0n) is 8.61. The second-order valence-corrected chi connectivity index (χ2v) is 3.29. The zero-order valence-corrected chi connectivity index (χ0v) is 8.61. The van der Waals surface area contributed by atoms with Gasteiger partial charge in [-0.15, -0.1) is 0 Å². The molecule has 5 nitrogen and oxygen atoms in total. The van der Waals surface area contributed by atoms with Crippen LogP contribution in [0, 0.1) is 5.82 Å². The summed E-state index contributed by atoms with van der Waals surface area (Å²) < 4.78 is 12.8. The molecule has 6 heteroatoms. The number of rotatable bonds is 3. The lowest BCUT2D eigenvalue weighted by Crippen LogP contribution is -2.31. The number of carboxylic acids is 1. The van der Waals surface area contributed by atoms with Crippen molar-refractivity contribution in [2.45, 2.75) is 0 Å². The van der Waals surface area contributed by atoms with Crippen LogP contribution in [0.1, 0.15) is 10.4 Å². The van der Waals surface area contributed by atoms with Gasteiger partial charge in [-0.25, -0.2) is 4.39 Å². The monoisotopic (exact) mass is 226 g/mol. The van der Waals surface area contributed by atoms with Gasteiger partial charge in [-0.05, 0) is 18.2 Å².